The van der Waals surface area contributed by atoms with Gasteiger partial charge < -0.3 is 11.1 Å². The molecular weight excluding hydrogens is 380 g/mol. The lowest BCUT2D eigenvalue weighted by molar-refractivity contribution is 0.0977. The molecule has 0 aliphatic carbocycles. The maximum Gasteiger partial charge on any atom is 0.347 e. The molecule has 0 aliphatic heterocycles. The molecule has 1 rings (SSSR count). The Balaban J connectivity index is 0.00000625. The third-order valence-electron chi connectivity index (χ3n) is 2.85. The molecule has 26 heavy (non-hydrogen) atoms. The number of rotatable bonds is 7. The zero-order chi connectivity index (χ0) is 18.7. The number of carbonyl (C=O) groups is 1. The average molecular weight is 405 g/mol. The summed E-state index contributed by atoms with van der Waals surface area (Å²) in [7, 11) is -4.16. The number of hydrogen-bond acceptors (Lipinski definition) is 4. The van der Waals surface area contributed by atoms with Gasteiger partial charge in [-0.05, 0) is 25.5 Å². The Morgan fingerprint density at radius 2 is 1.85 bits per heavy atom. The Hall–Kier alpha value is -2.33. The molecule has 0 unspecified atom stereocenters. The third-order valence-corrected chi connectivity index (χ3v) is 3.74. The second kappa shape index (κ2) is 12.1. The highest BCUT2D eigenvalue weighted by Crippen LogP contribution is 1.97. The zero-order valence-corrected chi connectivity index (χ0v) is 16.4. The van der Waals surface area contributed by atoms with E-state index in [0.717, 1.165) is 12.8 Å². The fourth-order valence-corrected chi connectivity index (χ4v) is 2.45. The van der Waals surface area contributed by atoms with Crippen molar-refractivity contribution in [3.63, 3.8) is 0 Å². The SMILES string of the molecule is CCCCN=C(NCC)NS(=O)(=O)N=C(N)NC(=O)c1ccccc1.Cl. The lowest BCUT2D eigenvalue weighted by Gasteiger charge is -2.10. The van der Waals surface area contributed by atoms with Gasteiger partial charge in [0, 0.05) is 18.7 Å². The van der Waals surface area contributed by atoms with E-state index < -0.39 is 22.1 Å². The van der Waals surface area contributed by atoms with Crippen molar-refractivity contribution in [2.75, 3.05) is 13.1 Å². The van der Waals surface area contributed by atoms with Crippen LogP contribution in [0.1, 0.15) is 37.0 Å². The maximum atomic E-state index is 12.0. The zero-order valence-electron chi connectivity index (χ0n) is 14.7. The number of amides is 1. The van der Waals surface area contributed by atoms with Crippen molar-refractivity contribution in [1.29, 1.82) is 0 Å². The number of guanidine groups is 2. The number of hydrogen-bond donors (Lipinski definition) is 4. The molecule has 11 heteroatoms. The van der Waals surface area contributed by atoms with Crippen LogP contribution in [0.3, 0.4) is 0 Å². The molecule has 1 amide bonds. The van der Waals surface area contributed by atoms with E-state index in [1.165, 1.54) is 0 Å². The molecule has 146 valence electrons. The molecule has 0 aliphatic rings. The molecule has 1 aromatic carbocycles. The summed E-state index contributed by atoms with van der Waals surface area (Å²) in [6.45, 7) is 4.77. The lowest BCUT2D eigenvalue weighted by atomic mass is 10.2. The summed E-state index contributed by atoms with van der Waals surface area (Å²) in [5, 5.41) is 5.02. The van der Waals surface area contributed by atoms with E-state index in [2.05, 4.69) is 24.7 Å². The number of unbranched alkanes of at least 4 members (excludes halogenated alkanes) is 1. The summed E-state index contributed by atoms with van der Waals surface area (Å²) in [6, 6.07) is 8.24. The minimum absolute atomic E-state index is 0. The highest BCUT2D eigenvalue weighted by Gasteiger charge is 2.14. The first-order valence-electron chi connectivity index (χ1n) is 7.90. The molecule has 0 atom stereocenters. The van der Waals surface area contributed by atoms with Crippen LogP contribution in [0.4, 0.5) is 0 Å². The standard InChI is InChI=1S/C15H24N6O3S.ClH/c1-3-5-11-18-15(17-4-2)21-25(23,24)20-14(16)19-13(22)12-9-7-6-8-10-12;/h6-10H,3-5,11H2,1-2H3,(H2,17,18,21)(H3,16,19,20,22);1H. The van der Waals surface area contributed by atoms with Crippen molar-refractivity contribution >= 4 is 40.4 Å². The van der Waals surface area contributed by atoms with Gasteiger partial charge in [-0.2, -0.15) is 8.42 Å². The van der Waals surface area contributed by atoms with Crippen LogP contribution >= 0.6 is 12.4 Å². The Morgan fingerprint density at radius 3 is 2.42 bits per heavy atom. The van der Waals surface area contributed by atoms with E-state index in [1.807, 2.05) is 6.92 Å². The van der Waals surface area contributed by atoms with Crippen LogP contribution in [0, 0.1) is 0 Å². The molecule has 9 nitrogen and oxygen atoms in total. The van der Waals surface area contributed by atoms with Crippen molar-refractivity contribution in [2.24, 2.45) is 15.1 Å². The molecule has 0 saturated carbocycles. The van der Waals surface area contributed by atoms with Crippen LogP contribution in [0.2, 0.25) is 0 Å². The van der Waals surface area contributed by atoms with Gasteiger partial charge in [0.25, 0.3) is 5.91 Å². The van der Waals surface area contributed by atoms with Gasteiger partial charge in [0.15, 0.2) is 0 Å². The summed E-state index contributed by atoms with van der Waals surface area (Å²) in [6.07, 6.45) is 1.77. The minimum atomic E-state index is -4.16. The topological polar surface area (TPSA) is 138 Å². The largest absolute Gasteiger partial charge is 0.369 e. The lowest BCUT2D eigenvalue weighted by Crippen LogP contribution is -2.43. The van der Waals surface area contributed by atoms with E-state index in [1.54, 1.807) is 37.3 Å². The summed E-state index contributed by atoms with van der Waals surface area (Å²) >= 11 is 0. The Kier molecular flexibility index (Phi) is 11.0. The highest BCUT2D eigenvalue weighted by molar-refractivity contribution is 7.88. The molecule has 1 aromatic rings. The monoisotopic (exact) mass is 404 g/mol. The summed E-state index contributed by atoms with van der Waals surface area (Å²) in [5.41, 5.74) is 5.84. The van der Waals surface area contributed by atoms with Crippen molar-refractivity contribution < 1.29 is 13.2 Å². The van der Waals surface area contributed by atoms with Gasteiger partial charge in [-0.3, -0.25) is 15.1 Å². The highest BCUT2D eigenvalue weighted by atomic mass is 35.5. The number of benzene rings is 1. The smallest absolute Gasteiger partial charge is 0.347 e. The first kappa shape index (κ1) is 23.7. The maximum absolute atomic E-state index is 12.0. The molecule has 0 aromatic heterocycles. The van der Waals surface area contributed by atoms with Crippen LogP contribution < -0.4 is 21.1 Å². The quantitative estimate of drug-likeness (QED) is 0.302. The summed E-state index contributed by atoms with van der Waals surface area (Å²) in [5.74, 6) is -1.01. The molecule has 5 N–H and O–H groups in total. The Bertz CT molecular complexity index is 722. The van der Waals surface area contributed by atoms with Crippen LogP contribution in [-0.4, -0.2) is 39.3 Å². The number of aliphatic imine (C=N–C) groups is 1. The normalized spacial score (nSPS) is 12.1. The first-order chi connectivity index (χ1) is 11.9. The van der Waals surface area contributed by atoms with Crippen LogP contribution in [-0.2, 0) is 10.2 Å². The van der Waals surface area contributed by atoms with Gasteiger partial charge in [-0.15, -0.1) is 16.8 Å². The van der Waals surface area contributed by atoms with E-state index in [4.69, 9.17) is 5.73 Å². The van der Waals surface area contributed by atoms with Crippen LogP contribution in [0.5, 0.6) is 0 Å². The number of carbonyl (C=O) groups excluding carboxylic acids is 1. The summed E-state index contributed by atoms with van der Waals surface area (Å²) in [4.78, 5) is 16.0. The van der Waals surface area contributed by atoms with E-state index in [9.17, 15) is 13.2 Å². The third kappa shape index (κ3) is 9.23. The predicted octanol–water partition coefficient (Wildman–Crippen LogP) is 0.753. The van der Waals surface area contributed by atoms with Crippen LogP contribution in [0.15, 0.2) is 39.7 Å². The average Bonchev–Trinajstić information content (AvgIpc) is 2.55. The van der Waals surface area contributed by atoms with Gasteiger partial charge in [0.2, 0.25) is 11.9 Å². The van der Waals surface area contributed by atoms with Crippen molar-refractivity contribution in [1.82, 2.24) is 15.4 Å². The fraction of sp³-hybridized carbons (Fsp3) is 0.400. The van der Waals surface area contributed by atoms with Crippen molar-refractivity contribution in [3.05, 3.63) is 35.9 Å². The van der Waals surface area contributed by atoms with Gasteiger partial charge in [-0.25, -0.2) is 4.72 Å². The van der Waals surface area contributed by atoms with E-state index in [0.29, 0.717) is 18.7 Å². The molecule has 0 radical (unpaired) electrons. The van der Waals surface area contributed by atoms with Crippen molar-refractivity contribution in [2.45, 2.75) is 26.7 Å². The van der Waals surface area contributed by atoms with Crippen LogP contribution in [0.25, 0.3) is 0 Å². The minimum Gasteiger partial charge on any atom is -0.369 e. The second-order valence-electron chi connectivity index (χ2n) is 4.99. The van der Waals surface area contributed by atoms with Gasteiger partial charge in [0.1, 0.15) is 0 Å². The Morgan fingerprint density at radius 1 is 1.19 bits per heavy atom. The van der Waals surface area contributed by atoms with Gasteiger partial charge >= 0.3 is 10.2 Å². The van der Waals surface area contributed by atoms with Crippen molar-refractivity contribution in [3.8, 4) is 0 Å². The second-order valence-corrected chi connectivity index (χ2v) is 6.32. The molecule has 0 spiro atoms. The van der Waals surface area contributed by atoms with E-state index >= 15 is 0 Å². The molecule has 0 fully saturated rings. The molecule has 0 saturated heterocycles. The molecule has 0 bridgehead atoms. The van der Waals surface area contributed by atoms with Gasteiger partial charge in [-0.1, -0.05) is 31.5 Å². The molecule has 0 heterocycles. The number of nitrogens with one attached hydrogen (secondary N) is 3. The fourth-order valence-electron chi connectivity index (χ4n) is 1.72. The number of nitrogens with zero attached hydrogens (tertiary/aromatic N) is 2. The Labute approximate surface area is 160 Å². The number of halogens is 1. The predicted molar refractivity (Wildman–Crippen MR) is 106 cm³/mol. The summed E-state index contributed by atoms with van der Waals surface area (Å²) < 4.78 is 29.6. The number of nitrogens with two attached hydrogens (primary N) is 1. The van der Waals surface area contributed by atoms with E-state index in [-0.39, 0.29) is 18.4 Å². The first-order valence-corrected chi connectivity index (χ1v) is 9.34. The molecular formula is C15H25ClN6O3S. The van der Waals surface area contributed by atoms with Gasteiger partial charge in [0.05, 0.1) is 0 Å².